The maximum Gasteiger partial charge on any atom is 0.164 e. The van der Waals surface area contributed by atoms with E-state index >= 15 is 0 Å². The number of rotatable bonds is 8. The number of benzene rings is 2. The van der Waals surface area contributed by atoms with Gasteiger partial charge in [0.2, 0.25) is 0 Å². The zero-order valence-electron chi connectivity index (χ0n) is 13.0. The van der Waals surface area contributed by atoms with Gasteiger partial charge in [-0.3, -0.25) is 9.59 Å². The topological polar surface area (TPSA) is 43.4 Å². The van der Waals surface area contributed by atoms with Gasteiger partial charge in [0.05, 0.1) is 11.6 Å². The first-order valence-corrected chi connectivity index (χ1v) is 8.03. The highest BCUT2D eigenvalue weighted by molar-refractivity contribution is 6.34. The van der Waals surface area contributed by atoms with E-state index in [1.165, 1.54) is 0 Å². The Labute approximate surface area is 141 Å². The summed E-state index contributed by atoms with van der Waals surface area (Å²) in [5.41, 5.74) is 1.05. The highest BCUT2D eigenvalue weighted by Gasteiger charge is 2.13. The fraction of sp³-hybridized carbons (Fsp3) is 0.263. The van der Waals surface area contributed by atoms with Crippen LogP contribution in [0.3, 0.4) is 0 Å². The second-order valence-corrected chi connectivity index (χ2v) is 5.61. The second-order valence-electron chi connectivity index (χ2n) is 5.20. The van der Waals surface area contributed by atoms with Crippen molar-refractivity contribution < 1.29 is 14.3 Å². The standard InChI is InChI=1S/C19H19ClO3/c1-2-13-23-15-9-7-14(8-10-15)18(21)11-12-19(22)16-5-3-4-6-17(16)20/h3-10H,2,11-13H2,1H3. The summed E-state index contributed by atoms with van der Waals surface area (Å²) in [6.45, 7) is 2.69. The van der Waals surface area contributed by atoms with Crippen molar-refractivity contribution in [3.8, 4) is 5.75 Å². The van der Waals surface area contributed by atoms with E-state index in [1.807, 2.05) is 6.92 Å². The zero-order chi connectivity index (χ0) is 16.7. The van der Waals surface area contributed by atoms with Gasteiger partial charge in [-0.05, 0) is 42.8 Å². The lowest BCUT2D eigenvalue weighted by molar-refractivity contribution is 0.0917. The minimum atomic E-state index is -0.119. The zero-order valence-corrected chi connectivity index (χ0v) is 13.8. The maximum absolute atomic E-state index is 12.2. The molecule has 0 N–H and O–H groups in total. The van der Waals surface area contributed by atoms with Crippen molar-refractivity contribution >= 4 is 23.2 Å². The van der Waals surface area contributed by atoms with Crippen molar-refractivity contribution in [2.75, 3.05) is 6.61 Å². The molecule has 0 aliphatic carbocycles. The first kappa shape index (κ1) is 17.2. The van der Waals surface area contributed by atoms with E-state index < -0.39 is 0 Å². The predicted octanol–water partition coefficient (Wildman–Crippen LogP) is 4.97. The molecule has 0 heterocycles. The van der Waals surface area contributed by atoms with Gasteiger partial charge in [-0.1, -0.05) is 30.7 Å². The molecule has 0 saturated heterocycles. The molecule has 0 atom stereocenters. The van der Waals surface area contributed by atoms with Crippen LogP contribution in [0.2, 0.25) is 5.02 Å². The third kappa shape index (κ3) is 4.93. The lowest BCUT2D eigenvalue weighted by atomic mass is 10.0. The second kappa shape index (κ2) is 8.49. The smallest absolute Gasteiger partial charge is 0.164 e. The van der Waals surface area contributed by atoms with Gasteiger partial charge in [0.1, 0.15) is 5.75 Å². The number of carbonyl (C=O) groups is 2. The van der Waals surface area contributed by atoms with Gasteiger partial charge < -0.3 is 4.74 Å². The van der Waals surface area contributed by atoms with Crippen LogP contribution < -0.4 is 4.74 Å². The Bertz CT molecular complexity index is 677. The molecule has 3 nitrogen and oxygen atoms in total. The Hall–Kier alpha value is -2.13. The number of carbonyl (C=O) groups excluding carboxylic acids is 2. The van der Waals surface area contributed by atoms with E-state index in [0.29, 0.717) is 22.8 Å². The average molecular weight is 331 g/mol. The number of Topliss-reactive ketones (excluding diaryl/α,β-unsaturated/α-hetero) is 2. The van der Waals surface area contributed by atoms with Crippen LogP contribution in [-0.2, 0) is 0 Å². The van der Waals surface area contributed by atoms with E-state index in [0.717, 1.165) is 12.2 Å². The Balaban J connectivity index is 1.92. The molecule has 0 unspecified atom stereocenters. The Kier molecular flexibility index (Phi) is 6.36. The Morgan fingerprint density at radius 3 is 2.26 bits per heavy atom. The number of hydrogen-bond acceptors (Lipinski definition) is 3. The van der Waals surface area contributed by atoms with Crippen LogP contribution in [0.25, 0.3) is 0 Å². The quantitative estimate of drug-likeness (QED) is 0.641. The third-order valence-electron chi connectivity index (χ3n) is 3.40. The van der Waals surface area contributed by atoms with Crippen LogP contribution >= 0.6 is 11.6 Å². The monoisotopic (exact) mass is 330 g/mol. The SMILES string of the molecule is CCCOc1ccc(C(=O)CCC(=O)c2ccccc2Cl)cc1. The molecular formula is C19H19ClO3. The summed E-state index contributed by atoms with van der Waals surface area (Å²) in [5, 5.41) is 0.419. The van der Waals surface area contributed by atoms with Crippen LogP contribution in [0, 0.1) is 0 Å². The van der Waals surface area contributed by atoms with E-state index in [-0.39, 0.29) is 24.4 Å². The molecule has 0 saturated carbocycles. The predicted molar refractivity (Wildman–Crippen MR) is 91.6 cm³/mol. The van der Waals surface area contributed by atoms with Crippen molar-refractivity contribution in [1.82, 2.24) is 0 Å². The van der Waals surface area contributed by atoms with Gasteiger partial charge in [-0.25, -0.2) is 0 Å². The Morgan fingerprint density at radius 1 is 0.957 bits per heavy atom. The van der Waals surface area contributed by atoms with Crippen LogP contribution in [0.5, 0.6) is 5.75 Å². The van der Waals surface area contributed by atoms with Crippen LogP contribution in [0.15, 0.2) is 48.5 Å². The molecule has 2 aromatic carbocycles. The van der Waals surface area contributed by atoms with E-state index in [4.69, 9.17) is 16.3 Å². The van der Waals surface area contributed by atoms with Gasteiger partial charge in [0, 0.05) is 24.0 Å². The molecule has 0 fully saturated rings. The molecule has 0 aliphatic rings. The Morgan fingerprint density at radius 2 is 1.61 bits per heavy atom. The van der Waals surface area contributed by atoms with Gasteiger partial charge in [-0.15, -0.1) is 0 Å². The maximum atomic E-state index is 12.2. The highest BCUT2D eigenvalue weighted by atomic mass is 35.5. The number of ether oxygens (including phenoxy) is 1. The lowest BCUT2D eigenvalue weighted by Gasteiger charge is -2.06. The molecule has 0 radical (unpaired) electrons. The van der Waals surface area contributed by atoms with Gasteiger partial charge in [-0.2, -0.15) is 0 Å². The van der Waals surface area contributed by atoms with E-state index in [9.17, 15) is 9.59 Å². The highest BCUT2D eigenvalue weighted by Crippen LogP contribution is 2.19. The van der Waals surface area contributed by atoms with Crippen molar-refractivity contribution in [2.24, 2.45) is 0 Å². The third-order valence-corrected chi connectivity index (χ3v) is 3.73. The van der Waals surface area contributed by atoms with Gasteiger partial charge in [0.15, 0.2) is 11.6 Å². The van der Waals surface area contributed by atoms with Crippen LogP contribution in [0.1, 0.15) is 46.9 Å². The molecule has 0 spiro atoms. The number of hydrogen-bond donors (Lipinski definition) is 0. The fourth-order valence-corrected chi connectivity index (χ4v) is 2.39. The minimum absolute atomic E-state index is 0.0626. The lowest BCUT2D eigenvalue weighted by Crippen LogP contribution is -2.06. The summed E-state index contributed by atoms with van der Waals surface area (Å²) in [6.07, 6.45) is 1.25. The molecule has 2 rings (SSSR count). The van der Waals surface area contributed by atoms with E-state index in [2.05, 4.69) is 0 Å². The molecule has 0 aromatic heterocycles. The van der Waals surface area contributed by atoms with Crippen molar-refractivity contribution in [3.63, 3.8) is 0 Å². The van der Waals surface area contributed by atoms with Crippen molar-refractivity contribution in [2.45, 2.75) is 26.2 Å². The minimum Gasteiger partial charge on any atom is -0.494 e. The summed E-state index contributed by atoms with van der Waals surface area (Å²) in [4.78, 5) is 24.3. The average Bonchev–Trinajstić information content (AvgIpc) is 2.58. The van der Waals surface area contributed by atoms with Gasteiger partial charge in [0.25, 0.3) is 0 Å². The molecular weight excluding hydrogens is 312 g/mol. The van der Waals surface area contributed by atoms with Crippen LogP contribution in [-0.4, -0.2) is 18.2 Å². The largest absolute Gasteiger partial charge is 0.494 e. The molecule has 0 bridgehead atoms. The summed E-state index contributed by atoms with van der Waals surface area (Å²) in [5.74, 6) is 0.565. The van der Waals surface area contributed by atoms with Gasteiger partial charge >= 0.3 is 0 Å². The summed E-state index contributed by atoms with van der Waals surface area (Å²) in [6, 6.07) is 13.9. The number of halogens is 1. The fourth-order valence-electron chi connectivity index (χ4n) is 2.15. The molecule has 2 aromatic rings. The molecule has 0 amide bonds. The molecule has 23 heavy (non-hydrogen) atoms. The first-order chi connectivity index (χ1) is 11.1. The summed E-state index contributed by atoms with van der Waals surface area (Å²) >= 11 is 5.99. The van der Waals surface area contributed by atoms with Crippen molar-refractivity contribution in [1.29, 1.82) is 0 Å². The van der Waals surface area contributed by atoms with Crippen LogP contribution in [0.4, 0.5) is 0 Å². The number of ketones is 2. The molecule has 0 aliphatic heterocycles. The summed E-state index contributed by atoms with van der Waals surface area (Å²) < 4.78 is 5.48. The van der Waals surface area contributed by atoms with E-state index in [1.54, 1.807) is 48.5 Å². The normalized spacial score (nSPS) is 10.3. The first-order valence-electron chi connectivity index (χ1n) is 7.65. The van der Waals surface area contributed by atoms with Crippen molar-refractivity contribution in [3.05, 3.63) is 64.7 Å². The molecule has 4 heteroatoms. The summed E-state index contributed by atoms with van der Waals surface area (Å²) in [7, 11) is 0. The molecule has 120 valence electrons.